The molecule has 0 aliphatic carbocycles. The average molecular weight is 279 g/mol. The molecular formula is C11H13N5O4. The van der Waals surface area contributed by atoms with Crippen molar-refractivity contribution in [1.29, 1.82) is 0 Å². The Labute approximate surface area is 113 Å². The number of carboxylic acid groups (broad SMARTS) is 1. The van der Waals surface area contributed by atoms with Crippen LogP contribution in [0.15, 0.2) is 12.3 Å². The van der Waals surface area contributed by atoms with Gasteiger partial charge in [-0.2, -0.15) is 4.98 Å². The van der Waals surface area contributed by atoms with E-state index in [4.69, 9.17) is 9.84 Å². The second-order valence-corrected chi connectivity index (χ2v) is 4.01. The van der Waals surface area contributed by atoms with Crippen LogP contribution in [0.1, 0.15) is 16.3 Å². The van der Waals surface area contributed by atoms with E-state index in [2.05, 4.69) is 20.4 Å². The number of methoxy groups -OCH3 is 1. The first-order valence-electron chi connectivity index (χ1n) is 5.75. The summed E-state index contributed by atoms with van der Waals surface area (Å²) in [5.41, 5.74) is 0.779. The minimum absolute atomic E-state index is 0.0768. The second-order valence-electron chi connectivity index (χ2n) is 4.01. The van der Waals surface area contributed by atoms with E-state index in [1.807, 2.05) is 0 Å². The standard InChI is InChI=1S/C11H13N5O4/c1-6-3-4-12-11-14-8(15-16(6)11)9(17)13-5-7(20-2)10(18)19/h3-4,7H,5H2,1-2H3,(H,13,17)(H,18,19). The highest BCUT2D eigenvalue weighted by atomic mass is 16.5. The Balaban J connectivity index is 2.12. The molecule has 0 aromatic carbocycles. The van der Waals surface area contributed by atoms with E-state index in [1.54, 1.807) is 19.2 Å². The third-order valence-corrected chi connectivity index (χ3v) is 2.64. The predicted molar refractivity (Wildman–Crippen MR) is 66.3 cm³/mol. The summed E-state index contributed by atoms with van der Waals surface area (Å²) in [7, 11) is 1.25. The average Bonchev–Trinajstić information content (AvgIpc) is 2.84. The van der Waals surface area contributed by atoms with Crippen LogP contribution in [0.4, 0.5) is 0 Å². The van der Waals surface area contributed by atoms with E-state index in [1.165, 1.54) is 11.6 Å². The number of fused-ring (bicyclic) bond motifs is 1. The number of hydrogen-bond donors (Lipinski definition) is 2. The normalized spacial score (nSPS) is 12.3. The molecule has 0 radical (unpaired) electrons. The van der Waals surface area contributed by atoms with Gasteiger partial charge in [-0.25, -0.2) is 14.3 Å². The summed E-state index contributed by atoms with van der Waals surface area (Å²) in [4.78, 5) is 30.5. The number of carboxylic acids is 1. The molecule has 0 aliphatic rings. The van der Waals surface area contributed by atoms with Crippen LogP contribution in [0, 0.1) is 6.92 Å². The highest BCUT2D eigenvalue weighted by Gasteiger charge is 2.20. The number of aromatic nitrogens is 4. The van der Waals surface area contributed by atoms with Gasteiger partial charge in [0.1, 0.15) is 0 Å². The summed E-state index contributed by atoms with van der Waals surface area (Å²) in [5, 5.41) is 15.2. The second kappa shape index (κ2) is 5.61. The number of aryl methyl sites for hydroxylation is 1. The number of carbonyl (C=O) groups excluding carboxylic acids is 1. The van der Waals surface area contributed by atoms with E-state index < -0.39 is 18.0 Å². The summed E-state index contributed by atoms with van der Waals surface area (Å²) < 4.78 is 6.13. The molecule has 2 N–H and O–H groups in total. The molecule has 2 aromatic heterocycles. The molecule has 9 nitrogen and oxygen atoms in total. The number of nitrogens with one attached hydrogen (secondary N) is 1. The van der Waals surface area contributed by atoms with Gasteiger partial charge in [0.2, 0.25) is 5.82 Å². The molecule has 0 saturated carbocycles. The van der Waals surface area contributed by atoms with Crippen molar-refractivity contribution in [2.45, 2.75) is 13.0 Å². The highest BCUT2D eigenvalue weighted by Crippen LogP contribution is 2.01. The van der Waals surface area contributed by atoms with E-state index >= 15 is 0 Å². The van der Waals surface area contributed by atoms with Crippen molar-refractivity contribution < 1.29 is 19.4 Å². The van der Waals surface area contributed by atoms with E-state index in [0.29, 0.717) is 5.78 Å². The lowest BCUT2D eigenvalue weighted by Crippen LogP contribution is -2.38. The Morgan fingerprint density at radius 3 is 2.90 bits per heavy atom. The lowest BCUT2D eigenvalue weighted by atomic mass is 10.3. The lowest BCUT2D eigenvalue weighted by Gasteiger charge is -2.10. The number of ether oxygens (including phenoxy) is 1. The Kier molecular flexibility index (Phi) is 3.89. The molecule has 0 saturated heterocycles. The van der Waals surface area contributed by atoms with Gasteiger partial charge in [0.05, 0.1) is 6.54 Å². The van der Waals surface area contributed by atoms with Crippen LogP contribution in [-0.2, 0) is 9.53 Å². The first kappa shape index (κ1) is 13.9. The van der Waals surface area contributed by atoms with E-state index in [9.17, 15) is 9.59 Å². The molecule has 0 spiro atoms. The summed E-state index contributed by atoms with van der Waals surface area (Å²) in [5.74, 6) is -1.52. The van der Waals surface area contributed by atoms with Gasteiger partial charge in [-0.3, -0.25) is 4.79 Å². The SMILES string of the molecule is COC(CNC(=O)c1nc2nccc(C)n2n1)C(=O)O. The van der Waals surface area contributed by atoms with Gasteiger partial charge in [-0.05, 0) is 13.0 Å². The van der Waals surface area contributed by atoms with Crippen LogP contribution in [-0.4, -0.2) is 56.3 Å². The number of nitrogens with zero attached hydrogens (tertiary/aromatic N) is 4. The fraction of sp³-hybridized carbons (Fsp3) is 0.364. The lowest BCUT2D eigenvalue weighted by molar-refractivity contribution is -0.148. The smallest absolute Gasteiger partial charge is 0.334 e. The molecule has 1 amide bonds. The van der Waals surface area contributed by atoms with Crippen molar-refractivity contribution in [2.24, 2.45) is 0 Å². The van der Waals surface area contributed by atoms with Crippen LogP contribution in [0.25, 0.3) is 5.78 Å². The van der Waals surface area contributed by atoms with Crippen molar-refractivity contribution in [1.82, 2.24) is 24.9 Å². The Morgan fingerprint density at radius 1 is 1.55 bits per heavy atom. The predicted octanol–water partition coefficient (Wildman–Crippen LogP) is -0.738. The van der Waals surface area contributed by atoms with Gasteiger partial charge >= 0.3 is 5.97 Å². The third-order valence-electron chi connectivity index (χ3n) is 2.64. The number of carbonyl (C=O) groups is 2. The fourth-order valence-corrected chi connectivity index (χ4v) is 1.54. The van der Waals surface area contributed by atoms with Gasteiger partial charge in [-0.15, -0.1) is 5.10 Å². The Bertz CT molecular complexity index is 653. The fourth-order valence-electron chi connectivity index (χ4n) is 1.54. The zero-order valence-electron chi connectivity index (χ0n) is 10.9. The van der Waals surface area contributed by atoms with Gasteiger partial charge < -0.3 is 15.2 Å². The molecule has 0 bridgehead atoms. The zero-order chi connectivity index (χ0) is 14.7. The molecule has 1 atom stereocenters. The topological polar surface area (TPSA) is 119 Å². The Hall–Kier alpha value is -2.55. The molecule has 106 valence electrons. The molecule has 2 heterocycles. The van der Waals surface area contributed by atoms with E-state index in [-0.39, 0.29) is 12.4 Å². The van der Waals surface area contributed by atoms with Gasteiger partial charge in [0.15, 0.2) is 6.10 Å². The van der Waals surface area contributed by atoms with Gasteiger partial charge in [-0.1, -0.05) is 0 Å². The number of rotatable bonds is 5. The molecule has 20 heavy (non-hydrogen) atoms. The minimum atomic E-state index is -1.16. The third kappa shape index (κ3) is 2.72. The summed E-state index contributed by atoms with van der Waals surface area (Å²) in [6, 6.07) is 1.73. The molecule has 0 aliphatic heterocycles. The maximum atomic E-state index is 11.8. The molecule has 1 unspecified atom stereocenters. The van der Waals surface area contributed by atoms with Gasteiger partial charge in [0, 0.05) is 19.0 Å². The molecule has 2 rings (SSSR count). The summed E-state index contributed by atoms with van der Waals surface area (Å²) in [6.45, 7) is 1.63. The highest BCUT2D eigenvalue weighted by molar-refractivity contribution is 5.91. The zero-order valence-corrected chi connectivity index (χ0v) is 10.9. The number of amides is 1. The Morgan fingerprint density at radius 2 is 2.30 bits per heavy atom. The maximum Gasteiger partial charge on any atom is 0.334 e. The minimum Gasteiger partial charge on any atom is -0.479 e. The largest absolute Gasteiger partial charge is 0.479 e. The van der Waals surface area contributed by atoms with Crippen molar-refractivity contribution >= 4 is 17.7 Å². The first-order valence-corrected chi connectivity index (χ1v) is 5.75. The molecule has 0 fully saturated rings. The number of aliphatic carboxylic acids is 1. The van der Waals surface area contributed by atoms with Crippen molar-refractivity contribution in [2.75, 3.05) is 13.7 Å². The summed E-state index contributed by atoms with van der Waals surface area (Å²) in [6.07, 6.45) is 0.447. The van der Waals surface area contributed by atoms with Crippen LogP contribution in [0.3, 0.4) is 0 Å². The van der Waals surface area contributed by atoms with Crippen LogP contribution in [0.5, 0.6) is 0 Å². The quantitative estimate of drug-likeness (QED) is 0.740. The van der Waals surface area contributed by atoms with Crippen molar-refractivity contribution in [3.8, 4) is 0 Å². The van der Waals surface area contributed by atoms with E-state index in [0.717, 1.165) is 5.69 Å². The maximum absolute atomic E-state index is 11.8. The van der Waals surface area contributed by atoms with Crippen LogP contribution >= 0.6 is 0 Å². The summed E-state index contributed by atoms with van der Waals surface area (Å²) >= 11 is 0. The van der Waals surface area contributed by atoms with Crippen molar-refractivity contribution in [3.63, 3.8) is 0 Å². The first-order chi connectivity index (χ1) is 9.52. The molecule has 2 aromatic rings. The monoisotopic (exact) mass is 279 g/mol. The van der Waals surface area contributed by atoms with Crippen LogP contribution in [0.2, 0.25) is 0 Å². The molecular weight excluding hydrogens is 266 g/mol. The molecule has 9 heteroatoms. The van der Waals surface area contributed by atoms with Crippen LogP contribution < -0.4 is 5.32 Å². The van der Waals surface area contributed by atoms with Crippen molar-refractivity contribution in [3.05, 3.63) is 23.8 Å². The van der Waals surface area contributed by atoms with Gasteiger partial charge in [0.25, 0.3) is 11.7 Å². The number of hydrogen-bond acceptors (Lipinski definition) is 6.